The lowest BCUT2D eigenvalue weighted by Crippen LogP contribution is -1.96. The van der Waals surface area contributed by atoms with Crippen molar-refractivity contribution in [3.8, 4) is 0 Å². The number of ether oxygens (including phenoxy) is 1. The first-order valence-electron chi connectivity index (χ1n) is 4.72. The third-order valence-electron chi connectivity index (χ3n) is 1.65. The summed E-state index contributed by atoms with van der Waals surface area (Å²) in [4.78, 5) is 10.3. The molecule has 0 rings (SSSR count). The van der Waals surface area contributed by atoms with Crippen molar-refractivity contribution >= 4 is 5.97 Å². The molecule has 0 aromatic carbocycles. The van der Waals surface area contributed by atoms with Crippen LogP contribution in [0, 0.1) is 0 Å². The Morgan fingerprint density at radius 1 is 1.31 bits per heavy atom. The van der Waals surface area contributed by atoms with E-state index in [0.29, 0.717) is 13.0 Å². The Morgan fingerprint density at radius 3 is 2.46 bits per heavy atom. The van der Waals surface area contributed by atoms with Gasteiger partial charge in [0.25, 0.3) is 0 Å². The van der Waals surface area contributed by atoms with E-state index < -0.39 is 5.97 Å². The van der Waals surface area contributed by atoms with E-state index in [1.807, 2.05) is 6.92 Å². The molecule has 0 amide bonds. The summed E-state index contributed by atoms with van der Waals surface area (Å²) in [5, 5.41) is 8.49. The first-order valence-corrected chi connectivity index (χ1v) is 4.72. The van der Waals surface area contributed by atoms with Crippen LogP contribution in [0.2, 0.25) is 0 Å². The largest absolute Gasteiger partial charge is 0.502 e. The Balaban J connectivity index is 3.85. The minimum Gasteiger partial charge on any atom is -0.502 e. The zero-order valence-corrected chi connectivity index (χ0v) is 8.38. The van der Waals surface area contributed by atoms with Gasteiger partial charge in [0.2, 0.25) is 0 Å². The van der Waals surface area contributed by atoms with Crippen molar-refractivity contribution in [2.45, 2.75) is 39.5 Å². The molecule has 0 saturated carbocycles. The van der Waals surface area contributed by atoms with Crippen molar-refractivity contribution in [3.05, 3.63) is 11.8 Å². The third-order valence-corrected chi connectivity index (χ3v) is 1.65. The summed E-state index contributed by atoms with van der Waals surface area (Å²) in [6.45, 7) is 4.62. The van der Waals surface area contributed by atoms with E-state index in [-0.39, 0.29) is 6.42 Å². The van der Waals surface area contributed by atoms with Gasteiger partial charge in [-0.3, -0.25) is 4.79 Å². The van der Waals surface area contributed by atoms with E-state index in [1.54, 1.807) is 6.26 Å². The van der Waals surface area contributed by atoms with Crippen LogP contribution in [0.5, 0.6) is 0 Å². The number of hydrogen-bond donors (Lipinski definition) is 1. The maximum absolute atomic E-state index is 10.3. The molecule has 0 atom stereocenters. The standard InChI is InChI=1S/C10H18O3/c1-3-5-9(8-13-4-2)6-7-10(11)12/h8H,3-7H2,1-2H3,(H,11,12)/b9-8-. The van der Waals surface area contributed by atoms with Crippen molar-refractivity contribution < 1.29 is 14.6 Å². The van der Waals surface area contributed by atoms with Gasteiger partial charge in [-0.15, -0.1) is 0 Å². The van der Waals surface area contributed by atoms with E-state index in [4.69, 9.17) is 9.84 Å². The molecular weight excluding hydrogens is 168 g/mol. The van der Waals surface area contributed by atoms with Gasteiger partial charge in [0, 0.05) is 6.42 Å². The fraction of sp³-hybridized carbons (Fsp3) is 0.700. The molecule has 0 aromatic rings. The molecule has 0 fully saturated rings. The van der Waals surface area contributed by atoms with E-state index >= 15 is 0 Å². The molecule has 0 unspecified atom stereocenters. The summed E-state index contributed by atoms with van der Waals surface area (Å²) in [6.07, 6.45) is 4.44. The fourth-order valence-electron chi connectivity index (χ4n) is 1.03. The highest BCUT2D eigenvalue weighted by atomic mass is 16.5. The Bertz CT molecular complexity index is 173. The molecule has 3 heteroatoms. The van der Waals surface area contributed by atoms with Crippen LogP contribution in [0.3, 0.4) is 0 Å². The maximum atomic E-state index is 10.3. The lowest BCUT2D eigenvalue weighted by molar-refractivity contribution is -0.136. The van der Waals surface area contributed by atoms with Crippen LogP contribution in [0.15, 0.2) is 11.8 Å². The minimum atomic E-state index is -0.751. The highest BCUT2D eigenvalue weighted by Crippen LogP contribution is 2.12. The van der Waals surface area contributed by atoms with E-state index in [1.165, 1.54) is 0 Å². The fourth-order valence-corrected chi connectivity index (χ4v) is 1.03. The topological polar surface area (TPSA) is 46.5 Å². The van der Waals surface area contributed by atoms with Crippen LogP contribution in [-0.4, -0.2) is 17.7 Å². The van der Waals surface area contributed by atoms with Gasteiger partial charge in [-0.1, -0.05) is 13.3 Å². The van der Waals surface area contributed by atoms with Gasteiger partial charge in [0.1, 0.15) is 0 Å². The Labute approximate surface area is 79.4 Å². The molecule has 0 saturated heterocycles. The van der Waals surface area contributed by atoms with Gasteiger partial charge < -0.3 is 9.84 Å². The summed E-state index contributed by atoms with van der Waals surface area (Å²) >= 11 is 0. The smallest absolute Gasteiger partial charge is 0.303 e. The molecule has 0 aliphatic rings. The molecular formula is C10H18O3. The first kappa shape index (κ1) is 12.0. The SMILES string of the molecule is CCC/C(=C/OCC)CCC(=O)O. The van der Waals surface area contributed by atoms with Gasteiger partial charge >= 0.3 is 5.97 Å². The van der Waals surface area contributed by atoms with Crippen molar-refractivity contribution in [1.82, 2.24) is 0 Å². The highest BCUT2D eigenvalue weighted by molar-refractivity contribution is 5.67. The molecule has 3 nitrogen and oxygen atoms in total. The number of carboxylic acid groups (broad SMARTS) is 1. The molecule has 76 valence electrons. The van der Waals surface area contributed by atoms with Gasteiger partial charge in [-0.25, -0.2) is 0 Å². The van der Waals surface area contributed by atoms with Crippen molar-refractivity contribution in [2.75, 3.05) is 6.61 Å². The Morgan fingerprint density at radius 2 is 2.00 bits per heavy atom. The molecule has 0 aliphatic heterocycles. The molecule has 0 aromatic heterocycles. The predicted molar refractivity (Wildman–Crippen MR) is 51.5 cm³/mol. The highest BCUT2D eigenvalue weighted by Gasteiger charge is 2.01. The predicted octanol–water partition coefficient (Wildman–Crippen LogP) is 2.57. The summed E-state index contributed by atoms with van der Waals surface area (Å²) in [7, 11) is 0. The molecule has 0 spiro atoms. The van der Waals surface area contributed by atoms with Gasteiger partial charge in [-0.05, 0) is 25.3 Å². The van der Waals surface area contributed by atoms with Crippen molar-refractivity contribution in [2.24, 2.45) is 0 Å². The summed E-state index contributed by atoms with van der Waals surface area (Å²) < 4.78 is 5.13. The lowest BCUT2D eigenvalue weighted by Gasteiger charge is -2.04. The lowest BCUT2D eigenvalue weighted by atomic mass is 10.1. The number of rotatable bonds is 7. The maximum Gasteiger partial charge on any atom is 0.303 e. The van der Waals surface area contributed by atoms with E-state index in [2.05, 4.69) is 6.92 Å². The van der Waals surface area contributed by atoms with Crippen LogP contribution < -0.4 is 0 Å². The zero-order valence-electron chi connectivity index (χ0n) is 8.38. The second-order valence-corrected chi connectivity index (χ2v) is 2.88. The quantitative estimate of drug-likeness (QED) is 0.621. The number of aliphatic carboxylic acids is 1. The van der Waals surface area contributed by atoms with Gasteiger partial charge in [-0.2, -0.15) is 0 Å². The van der Waals surface area contributed by atoms with E-state index in [9.17, 15) is 4.79 Å². The van der Waals surface area contributed by atoms with Gasteiger partial charge in [0.15, 0.2) is 0 Å². The molecule has 0 heterocycles. The van der Waals surface area contributed by atoms with Crippen LogP contribution in [0.25, 0.3) is 0 Å². The second kappa shape index (κ2) is 7.65. The zero-order chi connectivity index (χ0) is 10.1. The Kier molecular flexibility index (Phi) is 7.07. The number of carbonyl (C=O) groups is 1. The van der Waals surface area contributed by atoms with Crippen LogP contribution >= 0.6 is 0 Å². The van der Waals surface area contributed by atoms with Crippen LogP contribution in [-0.2, 0) is 9.53 Å². The normalized spacial score (nSPS) is 11.4. The molecule has 13 heavy (non-hydrogen) atoms. The number of hydrogen-bond acceptors (Lipinski definition) is 2. The average Bonchev–Trinajstić information content (AvgIpc) is 2.09. The van der Waals surface area contributed by atoms with Crippen molar-refractivity contribution in [3.63, 3.8) is 0 Å². The van der Waals surface area contributed by atoms with Crippen LogP contribution in [0.1, 0.15) is 39.5 Å². The summed E-state index contributed by atoms with van der Waals surface area (Å²) in [5.41, 5.74) is 1.09. The second-order valence-electron chi connectivity index (χ2n) is 2.88. The average molecular weight is 186 g/mol. The molecule has 0 aliphatic carbocycles. The molecule has 1 N–H and O–H groups in total. The summed E-state index contributed by atoms with van der Waals surface area (Å²) in [6, 6.07) is 0. The summed E-state index contributed by atoms with van der Waals surface area (Å²) in [5.74, 6) is -0.751. The van der Waals surface area contributed by atoms with Crippen molar-refractivity contribution in [1.29, 1.82) is 0 Å². The first-order chi connectivity index (χ1) is 6.20. The molecule has 0 bridgehead atoms. The monoisotopic (exact) mass is 186 g/mol. The van der Waals surface area contributed by atoms with E-state index in [0.717, 1.165) is 18.4 Å². The third kappa shape index (κ3) is 7.37. The Hall–Kier alpha value is -0.990. The molecule has 0 radical (unpaired) electrons. The van der Waals surface area contributed by atoms with Gasteiger partial charge in [0.05, 0.1) is 12.9 Å². The van der Waals surface area contributed by atoms with Crippen LogP contribution in [0.4, 0.5) is 0 Å². The number of carboxylic acids is 1. The minimum absolute atomic E-state index is 0.193. The number of allylic oxidation sites excluding steroid dienone is 1.